The first-order valence-corrected chi connectivity index (χ1v) is 10.6. The van der Waals surface area contributed by atoms with Crippen LogP contribution in [0.1, 0.15) is 57.2 Å². The van der Waals surface area contributed by atoms with E-state index in [9.17, 15) is 5.26 Å². The number of hydrogen-bond donors (Lipinski definition) is 0. The van der Waals surface area contributed by atoms with Crippen molar-refractivity contribution in [2.75, 3.05) is 0 Å². The molecule has 2 unspecified atom stereocenters. The fourth-order valence-electron chi connectivity index (χ4n) is 3.93. The van der Waals surface area contributed by atoms with Gasteiger partial charge in [0.1, 0.15) is 23.3 Å². The highest BCUT2D eigenvalue weighted by Crippen LogP contribution is 2.55. The Morgan fingerprint density at radius 2 is 1.50 bits per heavy atom. The lowest BCUT2D eigenvalue weighted by Gasteiger charge is -2.13. The van der Waals surface area contributed by atoms with Crippen molar-refractivity contribution in [1.82, 2.24) is 0 Å². The number of ether oxygens (including phenoxy) is 2. The number of nitriles is 1. The van der Waals surface area contributed by atoms with E-state index in [-0.39, 0.29) is 11.5 Å². The van der Waals surface area contributed by atoms with E-state index in [0.717, 1.165) is 41.0 Å². The molecule has 1 aliphatic carbocycles. The zero-order chi connectivity index (χ0) is 21.3. The van der Waals surface area contributed by atoms with Gasteiger partial charge in [0.2, 0.25) is 0 Å². The van der Waals surface area contributed by atoms with Gasteiger partial charge in [-0.05, 0) is 72.4 Å². The second-order valence-corrected chi connectivity index (χ2v) is 8.15. The minimum atomic E-state index is 0.0291. The van der Waals surface area contributed by atoms with E-state index in [1.165, 1.54) is 5.56 Å². The van der Waals surface area contributed by atoms with Gasteiger partial charge in [0, 0.05) is 5.41 Å². The molecule has 0 amide bonds. The van der Waals surface area contributed by atoms with Gasteiger partial charge >= 0.3 is 0 Å². The third-order valence-electron chi connectivity index (χ3n) is 6.25. The predicted molar refractivity (Wildman–Crippen MR) is 120 cm³/mol. The van der Waals surface area contributed by atoms with Crippen LogP contribution in [-0.4, -0.2) is 6.10 Å². The topological polar surface area (TPSA) is 42.2 Å². The summed E-state index contributed by atoms with van der Waals surface area (Å²) in [6.07, 6.45) is 2.20. The molecule has 3 aromatic rings. The van der Waals surface area contributed by atoms with Crippen LogP contribution in [0, 0.1) is 11.3 Å². The second-order valence-electron chi connectivity index (χ2n) is 8.15. The van der Waals surface area contributed by atoms with Crippen molar-refractivity contribution >= 4 is 0 Å². The molecule has 3 nitrogen and oxygen atoms in total. The average molecular weight is 398 g/mol. The van der Waals surface area contributed by atoms with Gasteiger partial charge in [0.05, 0.1) is 11.7 Å². The van der Waals surface area contributed by atoms with E-state index in [1.54, 1.807) is 0 Å². The lowest BCUT2D eigenvalue weighted by molar-refractivity contribution is 0.217. The molecule has 0 fully saturated rings. The van der Waals surface area contributed by atoms with Gasteiger partial charge in [-0.25, -0.2) is 0 Å². The monoisotopic (exact) mass is 397 g/mol. The van der Waals surface area contributed by atoms with E-state index < -0.39 is 0 Å². The minimum Gasteiger partial charge on any atom is -0.491 e. The Bertz CT molecular complexity index is 1090. The molecule has 0 aliphatic heterocycles. The molecule has 30 heavy (non-hydrogen) atoms. The zero-order valence-electron chi connectivity index (χ0n) is 18.0. The molecule has 0 saturated carbocycles. The molecule has 3 aromatic carbocycles. The van der Waals surface area contributed by atoms with E-state index in [2.05, 4.69) is 52.0 Å². The molecule has 0 saturated heterocycles. The zero-order valence-corrected chi connectivity index (χ0v) is 18.0. The Hall–Kier alpha value is -3.25. The van der Waals surface area contributed by atoms with Gasteiger partial charge < -0.3 is 9.47 Å². The minimum absolute atomic E-state index is 0.0291. The van der Waals surface area contributed by atoms with Crippen LogP contribution in [-0.2, 0) is 5.41 Å². The summed E-state index contributed by atoms with van der Waals surface area (Å²) in [6, 6.07) is 22.5. The van der Waals surface area contributed by atoms with Crippen LogP contribution < -0.4 is 9.47 Å². The molecule has 2 atom stereocenters. The lowest BCUT2D eigenvalue weighted by Crippen LogP contribution is -2.09. The highest BCUT2D eigenvalue weighted by molar-refractivity contribution is 5.70. The molecule has 0 bridgehead atoms. The summed E-state index contributed by atoms with van der Waals surface area (Å²) < 4.78 is 11.9. The van der Waals surface area contributed by atoms with Crippen LogP contribution in [0.4, 0.5) is 0 Å². The van der Waals surface area contributed by atoms with Crippen LogP contribution >= 0.6 is 0 Å². The molecule has 1 aliphatic rings. The Morgan fingerprint density at radius 1 is 0.900 bits per heavy atom. The molecule has 4 rings (SSSR count). The normalized spacial score (nSPS) is 17.6. The number of rotatable bonds is 7. The van der Waals surface area contributed by atoms with Crippen molar-refractivity contribution in [3.63, 3.8) is 0 Å². The summed E-state index contributed by atoms with van der Waals surface area (Å²) in [5, 5.41) is 9.68. The molecule has 0 N–H and O–H groups in total. The third kappa shape index (κ3) is 3.55. The molecule has 152 valence electrons. The van der Waals surface area contributed by atoms with E-state index in [1.807, 2.05) is 42.5 Å². The van der Waals surface area contributed by atoms with Gasteiger partial charge in [-0.1, -0.05) is 51.1 Å². The highest BCUT2D eigenvalue weighted by Gasteiger charge is 2.47. The lowest BCUT2D eigenvalue weighted by atomic mass is 10.0. The van der Waals surface area contributed by atoms with Gasteiger partial charge in [0.25, 0.3) is 0 Å². The maximum Gasteiger partial charge on any atom is 0.145 e. The SMILES string of the molecule is CCC(C)Oc1ccc(-c2ccc(Oc3ccc4c(c3C#N)C4(C)CC)cc2)cc1. The molecule has 3 heteroatoms. The summed E-state index contributed by atoms with van der Waals surface area (Å²) in [6.45, 7) is 8.54. The fourth-order valence-corrected chi connectivity index (χ4v) is 3.93. The first-order valence-electron chi connectivity index (χ1n) is 10.6. The smallest absolute Gasteiger partial charge is 0.145 e. The van der Waals surface area contributed by atoms with Crippen molar-refractivity contribution in [2.45, 2.75) is 52.1 Å². The molecular weight excluding hydrogens is 370 g/mol. The van der Waals surface area contributed by atoms with Gasteiger partial charge in [-0.3, -0.25) is 0 Å². The van der Waals surface area contributed by atoms with Crippen molar-refractivity contribution < 1.29 is 9.47 Å². The number of benzene rings is 3. The largest absolute Gasteiger partial charge is 0.491 e. The number of nitrogens with zero attached hydrogens (tertiary/aromatic N) is 1. The summed E-state index contributed by atoms with van der Waals surface area (Å²) >= 11 is 0. The van der Waals surface area contributed by atoms with Crippen molar-refractivity contribution in [3.8, 4) is 34.4 Å². The maximum absolute atomic E-state index is 9.68. The van der Waals surface area contributed by atoms with E-state index in [4.69, 9.17) is 9.47 Å². The molecule has 0 spiro atoms. The van der Waals surface area contributed by atoms with Crippen LogP contribution in [0.25, 0.3) is 11.1 Å². The number of fused-ring (bicyclic) bond motifs is 1. The predicted octanol–water partition coefficient (Wildman–Crippen LogP) is 7.22. The Kier molecular flexibility index (Phi) is 5.26. The van der Waals surface area contributed by atoms with Crippen LogP contribution in [0.3, 0.4) is 0 Å². The summed E-state index contributed by atoms with van der Waals surface area (Å²) in [5.74, 6) is 2.25. The van der Waals surface area contributed by atoms with Crippen LogP contribution in [0.2, 0.25) is 0 Å². The van der Waals surface area contributed by atoms with Crippen molar-refractivity contribution in [2.24, 2.45) is 0 Å². The van der Waals surface area contributed by atoms with E-state index >= 15 is 0 Å². The third-order valence-corrected chi connectivity index (χ3v) is 6.25. The highest BCUT2D eigenvalue weighted by atomic mass is 16.5. The molecular formula is C27H27NO2. The Morgan fingerprint density at radius 3 is 2.03 bits per heavy atom. The first-order chi connectivity index (χ1) is 14.5. The number of hydrogen-bond acceptors (Lipinski definition) is 3. The molecule has 0 aromatic heterocycles. The average Bonchev–Trinajstić information content (AvgIpc) is 3.39. The Labute approximate surface area is 178 Å². The van der Waals surface area contributed by atoms with Crippen molar-refractivity contribution in [3.05, 3.63) is 77.4 Å². The molecule has 0 radical (unpaired) electrons. The van der Waals surface area contributed by atoms with Crippen LogP contribution in [0.5, 0.6) is 17.2 Å². The summed E-state index contributed by atoms with van der Waals surface area (Å²) in [7, 11) is 0. The summed E-state index contributed by atoms with van der Waals surface area (Å²) in [4.78, 5) is 0. The Balaban J connectivity index is 1.50. The van der Waals surface area contributed by atoms with Gasteiger partial charge in [0.15, 0.2) is 0 Å². The summed E-state index contributed by atoms with van der Waals surface area (Å²) in [5.41, 5.74) is 5.33. The quantitative estimate of drug-likeness (QED) is 0.422. The van der Waals surface area contributed by atoms with Crippen LogP contribution in [0.15, 0.2) is 60.7 Å². The maximum atomic E-state index is 9.68. The van der Waals surface area contributed by atoms with E-state index in [0.29, 0.717) is 11.3 Å². The first kappa shape index (κ1) is 20.0. The van der Waals surface area contributed by atoms with Gasteiger partial charge in [-0.15, -0.1) is 0 Å². The fraction of sp³-hybridized carbons (Fsp3) is 0.296. The van der Waals surface area contributed by atoms with Crippen molar-refractivity contribution in [1.29, 1.82) is 5.26 Å². The second kappa shape index (κ2) is 7.88. The van der Waals surface area contributed by atoms with Gasteiger partial charge in [-0.2, -0.15) is 5.26 Å². The molecule has 0 heterocycles. The standard InChI is InChI=1S/C27H27NO2/c1-5-18(3)29-21-11-7-19(8-12-21)20-9-13-22(14-10-20)30-25-16-15-24-26(23(25)17-28)27(24,4)6-2/h7-16,18H,5-6H2,1-4H3.